The molecule has 3 heteroatoms. The molecule has 0 amide bonds. The number of nitrogens with one attached hydrogen (secondary N) is 1. The van der Waals surface area contributed by atoms with E-state index in [-0.39, 0.29) is 11.6 Å². The van der Waals surface area contributed by atoms with Gasteiger partial charge in [-0.1, -0.05) is 24.3 Å². The lowest BCUT2D eigenvalue weighted by Crippen LogP contribution is -2.25. The summed E-state index contributed by atoms with van der Waals surface area (Å²) in [6.45, 7) is 4.10. The first-order valence-electron chi connectivity index (χ1n) is 7.22. The molecule has 2 nitrogen and oxygen atoms in total. The molecule has 0 unspecified atom stereocenters. The van der Waals surface area contributed by atoms with Crippen LogP contribution in [0.3, 0.4) is 0 Å². The number of aromatic nitrogens is 1. The lowest BCUT2D eigenvalue weighted by atomic mass is 9.74. The summed E-state index contributed by atoms with van der Waals surface area (Å²) in [7, 11) is 0. The zero-order valence-electron chi connectivity index (χ0n) is 12.6. The van der Waals surface area contributed by atoms with Crippen LogP contribution in [0.4, 0.5) is 4.39 Å². The van der Waals surface area contributed by atoms with E-state index in [1.54, 1.807) is 24.3 Å². The average Bonchev–Trinajstić information content (AvgIpc) is 2.95. The molecule has 0 saturated carbocycles. The minimum atomic E-state index is -0.449. The number of benzene rings is 2. The Balaban J connectivity index is 2.21. The maximum Gasteiger partial charge on any atom is 0.123 e. The van der Waals surface area contributed by atoms with Gasteiger partial charge in [0, 0.05) is 11.4 Å². The Labute approximate surface area is 129 Å². The van der Waals surface area contributed by atoms with Crippen molar-refractivity contribution < 1.29 is 9.50 Å². The molecule has 0 saturated heterocycles. The largest absolute Gasteiger partial charge is 0.508 e. The van der Waals surface area contributed by atoms with Crippen molar-refractivity contribution in [2.24, 2.45) is 0 Å². The normalized spacial score (nSPS) is 13.8. The first-order valence-corrected chi connectivity index (χ1v) is 7.22. The summed E-state index contributed by atoms with van der Waals surface area (Å²) in [6, 6.07) is 17.8. The molecular formula is C19H18FNO. The fourth-order valence-electron chi connectivity index (χ4n) is 2.85. The molecule has 0 bridgehead atoms. The van der Waals surface area contributed by atoms with Crippen LogP contribution in [0, 0.1) is 12.7 Å². The van der Waals surface area contributed by atoms with Crippen molar-refractivity contribution in [3.05, 3.63) is 89.0 Å². The van der Waals surface area contributed by atoms with Crippen molar-refractivity contribution in [3.8, 4) is 5.75 Å². The molecule has 2 N–H and O–H groups in total. The van der Waals surface area contributed by atoms with Crippen molar-refractivity contribution in [2.45, 2.75) is 19.3 Å². The van der Waals surface area contributed by atoms with Crippen molar-refractivity contribution in [1.82, 2.24) is 4.98 Å². The third-order valence-corrected chi connectivity index (χ3v) is 4.24. The molecule has 112 valence electrons. The van der Waals surface area contributed by atoms with Gasteiger partial charge < -0.3 is 10.1 Å². The highest BCUT2D eigenvalue weighted by Gasteiger charge is 2.32. The van der Waals surface area contributed by atoms with Gasteiger partial charge in [-0.2, -0.15) is 0 Å². The number of aromatic hydroxyl groups is 1. The van der Waals surface area contributed by atoms with Gasteiger partial charge in [-0.3, -0.25) is 0 Å². The Morgan fingerprint density at radius 3 is 1.91 bits per heavy atom. The smallest absolute Gasteiger partial charge is 0.123 e. The van der Waals surface area contributed by atoms with Crippen molar-refractivity contribution in [3.63, 3.8) is 0 Å². The second-order valence-corrected chi connectivity index (χ2v) is 5.73. The number of aromatic amines is 1. The van der Waals surface area contributed by atoms with E-state index < -0.39 is 5.41 Å². The van der Waals surface area contributed by atoms with Gasteiger partial charge in [0.25, 0.3) is 0 Å². The lowest BCUT2D eigenvalue weighted by Gasteiger charge is -2.30. The summed E-state index contributed by atoms with van der Waals surface area (Å²) in [5.41, 5.74) is 3.67. The molecule has 0 spiro atoms. The van der Waals surface area contributed by atoms with Gasteiger partial charge in [0.1, 0.15) is 11.6 Å². The van der Waals surface area contributed by atoms with Gasteiger partial charge in [-0.25, -0.2) is 4.39 Å². The summed E-state index contributed by atoms with van der Waals surface area (Å²) in [6.07, 6.45) is 0. The molecule has 1 atom stereocenters. The molecule has 0 fully saturated rings. The number of hydrogen-bond acceptors (Lipinski definition) is 1. The number of aryl methyl sites for hydroxylation is 1. The number of halogens is 1. The van der Waals surface area contributed by atoms with Gasteiger partial charge in [-0.15, -0.1) is 0 Å². The van der Waals surface area contributed by atoms with Crippen LogP contribution < -0.4 is 0 Å². The Bertz CT molecular complexity index is 726. The maximum atomic E-state index is 13.3. The molecule has 1 heterocycles. The van der Waals surface area contributed by atoms with Crippen LogP contribution in [0.2, 0.25) is 0 Å². The van der Waals surface area contributed by atoms with Crippen LogP contribution in [0.1, 0.15) is 29.4 Å². The predicted octanol–water partition coefficient (Wildman–Crippen LogP) is 4.52. The van der Waals surface area contributed by atoms with Crippen molar-refractivity contribution in [2.75, 3.05) is 0 Å². The fourth-order valence-corrected chi connectivity index (χ4v) is 2.85. The molecule has 3 aromatic rings. The summed E-state index contributed by atoms with van der Waals surface area (Å²) < 4.78 is 13.3. The molecule has 0 aliphatic rings. The zero-order chi connectivity index (χ0) is 15.7. The zero-order valence-corrected chi connectivity index (χ0v) is 12.6. The van der Waals surface area contributed by atoms with Gasteiger partial charge in [-0.05, 0) is 61.4 Å². The average molecular weight is 295 g/mol. The van der Waals surface area contributed by atoms with E-state index in [4.69, 9.17) is 0 Å². The topological polar surface area (TPSA) is 36.0 Å². The van der Waals surface area contributed by atoms with Crippen molar-refractivity contribution in [1.29, 1.82) is 0 Å². The van der Waals surface area contributed by atoms with Crippen LogP contribution in [-0.4, -0.2) is 10.1 Å². The van der Waals surface area contributed by atoms with Crippen LogP contribution >= 0.6 is 0 Å². The van der Waals surface area contributed by atoms with Crippen LogP contribution in [0.15, 0.2) is 60.7 Å². The highest BCUT2D eigenvalue weighted by atomic mass is 19.1. The number of phenols is 1. The van der Waals surface area contributed by atoms with Gasteiger partial charge in [0.15, 0.2) is 0 Å². The fraction of sp³-hybridized carbons (Fsp3) is 0.158. The van der Waals surface area contributed by atoms with E-state index >= 15 is 0 Å². The number of rotatable bonds is 3. The monoisotopic (exact) mass is 295 g/mol. The minimum absolute atomic E-state index is 0.230. The Morgan fingerprint density at radius 2 is 1.41 bits per heavy atom. The Morgan fingerprint density at radius 1 is 0.864 bits per heavy atom. The SMILES string of the molecule is Cc1ccc([C@@](C)(c2ccc(O)cc2)c2ccc(F)cc2)[nH]1. The number of hydrogen-bond donors (Lipinski definition) is 2. The van der Waals surface area contributed by atoms with Crippen molar-refractivity contribution >= 4 is 0 Å². The van der Waals surface area contributed by atoms with Gasteiger partial charge >= 0.3 is 0 Å². The van der Waals surface area contributed by atoms with E-state index in [9.17, 15) is 9.50 Å². The second kappa shape index (κ2) is 5.34. The van der Waals surface area contributed by atoms with E-state index in [0.717, 1.165) is 22.5 Å². The second-order valence-electron chi connectivity index (χ2n) is 5.73. The lowest BCUT2D eigenvalue weighted by molar-refractivity contribution is 0.474. The van der Waals surface area contributed by atoms with Crippen LogP contribution in [0.25, 0.3) is 0 Å². The standard InChI is InChI=1S/C19H18FNO/c1-13-3-12-18(21-13)19(2,14-4-8-16(20)9-5-14)15-6-10-17(22)11-7-15/h3-12,21-22H,1-2H3/t19-/m1/s1. The van der Waals surface area contributed by atoms with E-state index in [2.05, 4.69) is 11.9 Å². The molecule has 0 aliphatic heterocycles. The highest BCUT2D eigenvalue weighted by molar-refractivity contribution is 5.48. The summed E-state index contributed by atoms with van der Waals surface area (Å²) in [5, 5.41) is 9.55. The Hall–Kier alpha value is -2.55. The third kappa shape index (κ3) is 2.39. The summed E-state index contributed by atoms with van der Waals surface area (Å²) in [4.78, 5) is 3.39. The molecule has 0 radical (unpaired) electrons. The first kappa shape index (κ1) is 14.4. The number of phenolic OH excluding ortho intramolecular Hbond substituents is 1. The minimum Gasteiger partial charge on any atom is -0.508 e. The van der Waals surface area contributed by atoms with Crippen LogP contribution in [0.5, 0.6) is 5.75 Å². The highest BCUT2D eigenvalue weighted by Crippen LogP contribution is 2.38. The molecule has 2 aromatic carbocycles. The quantitative estimate of drug-likeness (QED) is 0.732. The Kier molecular flexibility index (Phi) is 3.49. The third-order valence-electron chi connectivity index (χ3n) is 4.24. The summed E-state index contributed by atoms with van der Waals surface area (Å²) >= 11 is 0. The molecule has 0 aliphatic carbocycles. The molecular weight excluding hydrogens is 277 g/mol. The molecule has 1 aromatic heterocycles. The first-order chi connectivity index (χ1) is 10.5. The van der Waals surface area contributed by atoms with Crippen LogP contribution in [-0.2, 0) is 5.41 Å². The van der Waals surface area contributed by atoms with E-state index in [1.807, 2.05) is 31.2 Å². The van der Waals surface area contributed by atoms with Gasteiger partial charge in [0.05, 0.1) is 5.41 Å². The van der Waals surface area contributed by atoms with E-state index in [1.165, 1.54) is 12.1 Å². The number of H-pyrrole nitrogens is 1. The molecule has 3 rings (SSSR count). The molecule has 22 heavy (non-hydrogen) atoms. The maximum absolute atomic E-state index is 13.3. The van der Waals surface area contributed by atoms with E-state index in [0.29, 0.717) is 0 Å². The predicted molar refractivity (Wildman–Crippen MR) is 85.6 cm³/mol. The van der Waals surface area contributed by atoms with Gasteiger partial charge in [0.2, 0.25) is 0 Å². The summed E-state index contributed by atoms with van der Waals surface area (Å²) in [5.74, 6) is -0.0210.